The van der Waals surface area contributed by atoms with Crippen molar-refractivity contribution in [2.45, 2.75) is 31.7 Å². The second-order valence-corrected chi connectivity index (χ2v) is 5.00. The van der Waals surface area contributed by atoms with Crippen LogP contribution < -0.4 is 11.1 Å². The number of anilines is 2. The Kier molecular flexibility index (Phi) is 3.31. The van der Waals surface area contributed by atoms with Crippen molar-refractivity contribution in [3.05, 3.63) is 36.7 Å². The zero-order valence-electron chi connectivity index (χ0n) is 10.8. The van der Waals surface area contributed by atoms with Gasteiger partial charge in [0.25, 0.3) is 0 Å². The van der Waals surface area contributed by atoms with E-state index in [-0.39, 0.29) is 0 Å². The number of pyridine rings is 2. The van der Waals surface area contributed by atoms with Gasteiger partial charge < -0.3 is 11.1 Å². The SMILES string of the molecule is Nc1ccc(-c2cccnc2)nc1NC1CCCC1. The largest absolute Gasteiger partial charge is 0.396 e. The molecule has 0 radical (unpaired) electrons. The van der Waals surface area contributed by atoms with E-state index in [9.17, 15) is 0 Å². The summed E-state index contributed by atoms with van der Waals surface area (Å²) >= 11 is 0. The van der Waals surface area contributed by atoms with Crippen molar-refractivity contribution < 1.29 is 0 Å². The van der Waals surface area contributed by atoms with Crippen LogP contribution in [0.4, 0.5) is 11.5 Å². The molecule has 0 amide bonds. The van der Waals surface area contributed by atoms with Crippen LogP contribution in [-0.2, 0) is 0 Å². The van der Waals surface area contributed by atoms with E-state index in [0.29, 0.717) is 11.7 Å². The molecular weight excluding hydrogens is 236 g/mol. The molecule has 1 saturated carbocycles. The molecular formula is C15H18N4. The Morgan fingerprint density at radius 2 is 2.00 bits per heavy atom. The van der Waals surface area contributed by atoms with Crippen LogP contribution in [0.2, 0.25) is 0 Å². The summed E-state index contributed by atoms with van der Waals surface area (Å²) in [4.78, 5) is 8.75. The first-order valence-electron chi connectivity index (χ1n) is 6.76. The number of nitrogens with one attached hydrogen (secondary N) is 1. The van der Waals surface area contributed by atoms with E-state index in [1.54, 1.807) is 6.20 Å². The molecule has 0 saturated heterocycles. The summed E-state index contributed by atoms with van der Waals surface area (Å²) in [7, 11) is 0. The molecule has 3 rings (SSSR count). The van der Waals surface area contributed by atoms with Crippen molar-refractivity contribution in [2.75, 3.05) is 11.1 Å². The Bertz CT molecular complexity index is 547. The lowest BCUT2D eigenvalue weighted by Crippen LogP contribution is -2.16. The lowest BCUT2D eigenvalue weighted by Gasteiger charge is -2.15. The van der Waals surface area contributed by atoms with Crippen LogP contribution in [0.3, 0.4) is 0 Å². The molecule has 2 heterocycles. The van der Waals surface area contributed by atoms with Crippen molar-refractivity contribution in [2.24, 2.45) is 0 Å². The van der Waals surface area contributed by atoms with Gasteiger partial charge in [-0.3, -0.25) is 4.98 Å². The Hall–Kier alpha value is -2.10. The van der Waals surface area contributed by atoms with Gasteiger partial charge in [0, 0.05) is 24.0 Å². The minimum absolute atomic E-state index is 0.513. The van der Waals surface area contributed by atoms with E-state index >= 15 is 0 Å². The number of hydrogen-bond acceptors (Lipinski definition) is 4. The Morgan fingerprint density at radius 3 is 2.74 bits per heavy atom. The number of nitrogen functional groups attached to an aromatic ring is 1. The lowest BCUT2D eigenvalue weighted by atomic mass is 10.2. The van der Waals surface area contributed by atoms with Gasteiger partial charge in [-0.05, 0) is 37.1 Å². The fourth-order valence-electron chi connectivity index (χ4n) is 2.52. The third kappa shape index (κ3) is 2.67. The molecule has 0 spiro atoms. The first kappa shape index (κ1) is 12.0. The minimum atomic E-state index is 0.513. The van der Waals surface area contributed by atoms with Gasteiger partial charge in [-0.15, -0.1) is 0 Å². The van der Waals surface area contributed by atoms with Crippen molar-refractivity contribution in [3.8, 4) is 11.3 Å². The highest BCUT2D eigenvalue weighted by Crippen LogP contribution is 2.26. The summed E-state index contributed by atoms with van der Waals surface area (Å²) in [5, 5.41) is 3.46. The molecule has 1 aliphatic carbocycles. The predicted octanol–water partition coefficient (Wildman–Crippen LogP) is 3.08. The number of hydrogen-bond donors (Lipinski definition) is 2. The highest BCUT2D eigenvalue weighted by molar-refractivity contribution is 5.68. The highest BCUT2D eigenvalue weighted by atomic mass is 15.0. The molecule has 19 heavy (non-hydrogen) atoms. The van der Waals surface area contributed by atoms with Gasteiger partial charge in [0.05, 0.1) is 11.4 Å². The zero-order chi connectivity index (χ0) is 13.1. The first-order chi connectivity index (χ1) is 9.33. The molecule has 0 aromatic carbocycles. The highest BCUT2D eigenvalue weighted by Gasteiger charge is 2.16. The molecule has 2 aromatic rings. The minimum Gasteiger partial charge on any atom is -0.396 e. The third-order valence-corrected chi connectivity index (χ3v) is 3.58. The molecule has 0 unspecified atom stereocenters. The van der Waals surface area contributed by atoms with Gasteiger partial charge in [-0.2, -0.15) is 0 Å². The van der Waals surface area contributed by atoms with Gasteiger partial charge >= 0.3 is 0 Å². The molecule has 0 aliphatic heterocycles. The normalized spacial score (nSPS) is 15.6. The van der Waals surface area contributed by atoms with Crippen LogP contribution in [0.1, 0.15) is 25.7 Å². The molecule has 0 atom stereocenters. The van der Waals surface area contributed by atoms with Gasteiger partial charge in [0.15, 0.2) is 0 Å². The Balaban J connectivity index is 1.87. The van der Waals surface area contributed by atoms with Crippen LogP contribution in [0.5, 0.6) is 0 Å². The van der Waals surface area contributed by atoms with E-state index in [4.69, 9.17) is 5.73 Å². The maximum absolute atomic E-state index is 6.01. The van der Waals surface area contributed by atoms with Gasteiger partial charge in [-0.25, -0.2) is 4.98 Å². The van der Waals surface area contributed by atoms with E-state index in [2.05, 4.69) is 15.3 Å². The van der Waals surface area contributed by atoms with Crippen molar-refractivity contribution >= 4 is 11.5 Å². The number of rotatable bonds is 3. The Labute approximate surface area is 113 Å². The van der Waals surface area contributed by atoms with Crippen LogP contribution in [0.25, 0.3) is 11.3 Å². The third-order valence-electron chi connectivity index (χ3n) is 3.58. The van der Waals surface area contributed by atoms with E-state index in [0.717, 1.165) is 17.1 Å². The molecule has 1 aliphatic rings. The maximum atomic E-state index is 6.01. The average molecular weight is 254 g/mol. The Morgan fingerprint density at radius 1 is 1.16 bits per heavy atom. The molecule has 4 heteroatoms. The molecule has 4 nitrogen and oxygen atoms in total. The standard InChI is InChI=1S/C15H18N4/c16-13-7-8-14(11-4-3-9-17-10-11)19-15(13)18-12-5-1-2-6-12/h3-4,7-10,12H,1-2,5-6,16H2,(H,18,19). The molecule has 1 fully saturated rings. The van der Waals surface area contributed by atoms with Crippen LogP contribution in [0, 0.1) is 0 Å². The monoisotopic (exact) mass is 254 g/mol. The smallest absolute Gasteiger partial charge is 0.150 e. The van der Waals surface area contributed by atoms with E-state index < -0.39 is 0 Å². The van der Waals surface area contributed by atoms with Crippen LogP contribution in [-0.4, -0.2) is 16.0 Å². The molecule has 98 valence electrons. The topological polar surface area (TPSA) is 63.8 Å². The summed E-state index contributed by atoms with van der Waals surface area (Å²) in [5.41, 5.74) is 8.63. The second kappa shape index (κ2) is 5.26. The fourth-order valence-corrected chi connectivity index (χ4v) is 2.52. The molecule has 3 N–H and O–H groups in total. The van der Waals surface area contributed by atoms with E-state index in [1.807, 2.05) is 30.5 Å². The summed E-state index contributed by atoms with van der Waals surface area (Å²) in [5.74, 6) is 0.799. The molecule has 0 bridgehead atoms. The molecule has 2 aromatic heterocycles. The second-order valence-electron chi connectivity index (χ2n) is 5.00. The predicted molar refractivity (Wildman–Crippen MR) is 77.8 cm³/mol. The van der Waals surface area contributed by atoms with Gasteiger partial charge in [0.2, 0.25) is 0 Å². The van der Waals surface area contributed by atoms with Crippen molar-refractivity contribution in [1.82, 2.24) is 9.97 Å². The quantitative estimate of drug-likeness (QED) is 0.883. The van der Waals surface area contributed by atoms with Crippen molar-refractivity contribution in [1.29, 1.82) is 0 Å². The van der Waals surface area contributed by atoms with E-state index in [1.165, 1.54) is 25.7 Å². The average Bonchev–Trinajstić information content (AvgIpc) is 2.95. The summed E-state index contributed by atoms with van der Waals surface area (Å²) in [6.07, 6.45) is 8.58. The fraction of sp³-hybridized carbons (Fsp3) is 0.333. The summed E-state index contributed by atoms with van der Waals surface area (Å²) in [6, 6.07) is 8.28. The van der Waals surface area contributed by atoms with Crippen molar-refractivity contribution in [3.63, 3.8) is 0 Å². The van der Waals surface area contributed by atoms with Crippen LogP contribution in [0.15, 0.2) is 36.7 Å². The zero-order valence-corrected chi connectivity index (χ0v) is 10.8. The number of aromatic nitrogens is 2. The lowest BCUT2D eigenvalue weighted by molar-refractivity contribution is 0.751. The van der Waals surface area contributed by atoms with Gasteiger partial charge in [0.1, 0.15) is 5.82 Å². The van der Waals surface area contributed by atoms with Gasteiger partial charge in [-0.1, -0.05) is 12.8 Å². The first-order valence-corrected chi connectivity index (χ1v) is 6.76. The maximum Gasteiger partial charge on any atom is 0.150 e. The summed E-state index contributed by atoms with van der Waals surface area (Å²) in [6.45, 7) is 0. The number of nitrogens with zero attached hydrogens (tertiary/aromatic N) is 2. The summed E-state index contributed by atoms with van der Waals surface area (Å²) < 4.78 is 0. The van der Waals surface area contributed by atoms with Crippen LogP contribution >= 0.6 is 0 Å². The number of nitrogens with two attached hydrogens (primary N) is 1.